The molecule has 6 heteroatoms. The summed E-state index contributed by atoms with van der Waals surface area (Å²) < 4.78 is 4.75. The third-order valence-corrected chi connectivity index (χ3v) is 2.37. The zero-order valence-electron chi connectivity index (χ0n) is 10.4. The van der Waals surface area contributed by atoms with Crippen molar-refractivity contribution in [1.82, 2.24) is 5.32 Å². The van der Waals surface area contributed by atoms with Crippen molar-refractivity contribution < 1.29 is 14.5 Å². The Labute approximate surface area is 105 Å². The van der Waals surface area contributed by atoms with Gasteiger partial charge in [-0.15, -0.1) is 0 Å². The van der Waals surface area contributed by atoms with Crippen molar-refractivity contribution in [3.05, 3.63) is 39.4 Å². The first-order valence-corrected chi connectivity index (χ1v) is 5.65. The number of ether oxygens (including phenoxy) is 1. The van der Waals surface area contributed by atoms with Crippen molar-refractivity contribution in [3.63, 3.8) is 0 Å². The van der Waals surface area contributed by atoms with E-state index in [1.165, 1.54) is 6.07 Å². The second-order valence-corrected chi connectivity index (χ2v) is 3.79. The Bertz CT molecular complexity index is 446. The second-order valence-electron chi connectivity index (χ2n) is 3.79. The van der Waals surface area contributed by atoms with Crippen LogP contribution >= 0.6 is 0 Å². The lowest BCUT2D eigenvalue weighted by atomic mass is 10.1. The molecule has 0 amide bonds. The molecule has 6 nitrogen and oxygen atoms in total. The number of carbonyl (C=O) groups excluding carboxylic acids is 1. The quantitative estimate of drug-likeness (QED) is 0.472. The van der Waals surface area contributed by atoms with Gasteiger partial charge in [0.2, 0.25) is 0 Å². The highest BCUT2D eigenvalue weighted by Crippen LogP contribution is 2.18. The van der Waals surface area contributed by atoms with E-state index in [2.05, 4.69) is 5.32 Å². The number of benzene rings is 1. The molecule has 0 bridgehead atoms. The minimum Gasteiger partial charge on any atom is -0.465 e. The highest BCUT2D eigenvalue weighted by molar-refractivity contribution is 5.71. The van der Waals surface area contributed by atoms with Gasteiger partial charge in [-0.25, -0.2) is 0 Å². The average Bonchev–Trinajstić information content (AvgIpc) is 2.31. The summed E-state index contributed by atoms with van der Waals surface area (Å²) in [6, 6.07) is 4.99. The fraction of sp³-hybridized carbons (Fsp3) is 0.417. The number of aryl methyl sites for hydroxylation is 1. The van der Waals surface area contributed by atoms with Gasteiger partial charge in [0, 0.05) is 18.2 Å². The van der Waals surface area contributed by atoms with E-state index >= 15 is 0 Å². The van der Waals surface area contributed by atoms with Gasteiger partial charge in [0.1, 0.15) is 0 Å². The Morgan fingerprint density at radius 2 is 2.22 bits per heavy atom. The van der Waals surface area contributed by atoms with Crippen LogP contribution in [0.15, 0.2) is 18.2 Å². The summed E-state index contributed by atoms with van der Waals surface area (Å²) in [7, 11) is 0. The summed E-state index contributed by atoms with van der Waals surface area (Å²) in [4.78, 5) is 21.4. The lowest BCUT2D eigenvalue weighted by molar-refractivity contribution is -0.385. The maximum atomic E-state index is 11.1. The van der Waals surface area contributed by atoms with Gasteiger partial charge in [-0.3, -0.25) is 14.9 Å². The van der Waals surface area contributed by atoms with Gasteiger partial charge in [-0.1, -0.05) is 12.1 Å². The van der Waals surface area contributed by atoms with Crippen LogP contribution in [-0.2, 0) is 16.1 Å². The standard InChI is InChI=1S/C12H16N2O4/c1-3-18-12(15)8-13-7-10-5-4-9(2)11(6-10)14(16)17/h4-6,13H,3,7-8H2,1-2H3. The molecule has 0 unspecified atom stereocenters. The van der Waals surface area contributed by atoms with Gasteiger partial charge in [-0.05, 0) is 19.4 Å². The monoisotopic (exact) mass is 252 g/mol. The van der Waals surface area contributed by atoms with Gasteiger partial charge in [0.25, 0.3) is 5.69 Å². The molecule has 0 aromatic heterocycles. The number of rotatable bonds is 6. The summed E-state index contributed by atoms with van der Waals surface area (Å²) in [5, 5.41) is 13.6. The van der Waals surface area contributed by atoms with Crippen LogP contribution in [0.3, 0.4) is 0 Å². The smallest absolute Gasteiger partial charge is 0.319 e. The first-order valence-electron chi connectivity index (χ1n) is 5.65. The van der Waals surface area contributed by atoms with Crippen molar-refractivity contribution in [2.24, 2.45) is 0 Å². The van der Waals surface area contributed by atoms with Gasteiger partial charge >= 0.3 is 5.97 Å². The highest BCUT2D eigenvalue weighted by atomic mass is 16.6. The van der Waals surface area contributed by atoms with Crippen LogP contribution in [0.4, 0.5) is 5.69 Å². The molecule has 1 aromatic rings. The predicted molar refractivity (Wildman–Crippen MR) is 66.2 cm³/mol. The molecular formula is C12H16N2O4. The summed E-state index contributed by atoms with van der Waals surface area (Å²) in [5.41, 5.74) is 1.47. The first kappa shape index (κ1) is 14.1. The topological polar surface area (TPSA) is 81.5 Å². The van der Waals surface area contributed by atoms with E-state index in [1.54, 1.807) is 26.0 Å². The molecule has 1 rings (SSSR count). The number of nitro groups is 1. The maximum Gasteiger partial charge on any atom is 0.319 e. The molecule has 0 saturated carbocycles. The van der Waals surface area contributed by atoms with E-state index in [0.717, 1.165) is 5.56 Å². The molecule has 18 heavy (non-hydrogen) atoms. The molecule has 0 fully saturated rings. The predicted octanol–water partition coefficient (Wildman–Crippen LogP) is 1.56. The zero-order chi connectivity index (χ0) is 13.5. The van der Waals surface area contributed by atoms with E-state index in [1.807, 2.05) is 0 Å². The van der Waals surface area contributed by atoms with Crippen LogP contribution in [0.1, 0.15) is 18.1 Å². The van der Waals surface area contributed by atoms with Gasteiger partial charge < -0.3 is 10.1 Å². The largest absolute Gasteiger partial charge is 0.465 e. The summed E-state index contributed by atoms with van der Waals surface area (Å²) in [6.07, 6.45) is 0. The molecule has 0 spiro atoms. The number of hydrogen-bond acceptors (Lipinski definition) is 5. The normalized spacial score (nSPS) is 10.1. The van der Waals surface area contributed by atoms with E-state index in [9.17, 15) is 14.9 Å². The van der Waals surface area contributed by atoms with Crippen LogP contribution in [-0.4, -0.2) is 24.0 Å². The summed E-state index contributed by atoms with van der Waals surface area (Å²) in [6.45, 7) is 4.25. The fourth-order valence-electron chi connectivity index (χ4n) is 1.48. The van der Waals surface area contributed by atoms with Crippen molar-refractivity contribution in [2.75, 3.05) is 13.2 Å². The van der Waals surface area contributed by atoms with Crippen LogP contribution in [0.25, 0.3) is 0 Å². The lowest BCUT2D eigenvalue weighted by Gasteiger charge is -2.05. The molecule has 98 valence electrons. The van der Waals surface area contributed by atoms with Crippen LogP contribution in [0.2, 0.25) is 0 Å². The highest BCUT2D eigenvalue weighted by Gasteiger charge is 2.10. The first-order chi connectivity index (χ1) is 8.54. The number of carbonyl (C=O) groups is 1. The van der Waals surface area contributed by atoms with Crippen molar-refractivity contribution in [1.29, 1.82) is 0 Å². The molecule has 1 N–H and O–H groups in total. The second kappa shape index (κ2) is 6.70. The van der Waals surface area contributed by atoms with Gasteiger partial charge in [0.05, 0.1) is 18.1 Å². The molecule has 0 atom stereocenters. The molecule has 0 saturated heterocycles. The molecule has 1 aromatic carbocycles. The van der Waals surface area contributed by atoms with Crippen molar-refractivity contribution >= 4 is 11.7 Å². The Kier molecular flexibility index (Phi) is 5.26. The van der Waals surface area contributed by atoms with Crippen LogP contribution in [0.5, 0.6) is 0 Å². The average molecular weight is 252 g/mol. The van der Waals surface area contributed by atoms with Crippen LogP contribution < -0.4 is 5.32 Å². The van der Waals surface area contributed by atoms with E-state index in [0.29, 0.717) is 18.7 Å². The summed E-state index contributed by atoms with van der Waals surface area (Å²) in [5.74, 6) is -0.334. The van der Waals surface area contributed by atoms with E-state index in [4.69, 9.17) is 4.74 Å². The fourth-order valence-corrected chi connectivity index (χ4v) is 1.48. The van der Waals surface area contributed by atoms with E-state index < -0.39 is 4.92 Å². The lowest BCUT2D eigenvalue weighted by Crippen LogP contribution is -2.24. The number of nitro benzene ring substituents is 1. The molecule has 0 aliphatic carbocycles. The zero-order valence-corrected chi connectivity index (χ0v) is 10.4. The summed E-state index contributed by atoms with van der Waals surface area (Å²) >= 11 is 0. The van der Waals surface area contributed by atoms with E-state index in [-0.39, 0.29) is 18.2 Å². The third-order valence-electron chi connectivity index (χ3n) is 2.37. The van der Waals surface area contributed by atoms with Crippen molar-refractivity contribution in [3.8, 4) is 0 Å². The molecule has 0 radical (unpaired) electrons. The number of nitrogens with one attached hydrogen (secondary N) is 1. The van der Waals surface area contributed by atoms with Gasteiger partial charge in [0.15, 0.2) is 0 Å². The van der Waals surface area contributed by atoms with Crippen LogP contribution in [0, 0.1) is 17.0 Å². The molecule has 0 aliphatic rings. The number of hydrogen-bond donors (Lipinski definition) is 1. The SMILES string of the molecule is CCOC(=O)CNCc1ccc(C)c([N+](=O)[O-])c1. The Hall–Kier alpha value is -1.95. The minimum atomic E-state index is -0.413. The third kappa shape index (κ3) is 4.14. The van der Waals surface area contributed by atoms with Gasteiger partial charge in [-0.2, -0.15) is 0 Å². The Balaban J connectivity index is 2.55. The number of nitrogens with zero attached hydrogens (tertiary/aromatic N) is 1. The minimum absolute atomic E-state index is 0.0884. The molecular weight excluding hydrogens is 236 g/mol. The molecule has 0 heterocycles. The Morgan fingerprint density at radius 3 is 2.83 bits per heavy atom. The maximum absolute atomic E-state index is 11.1. The Morgan fingerprint density at radius 1 is 1.50 bits per heavy atom. The molecule has 0 aliphatic heterocycles. The number of esters is 1. The van der Waals surface area contributed by atoms with Crippen molar-refractivity contribution in [2.45, 2.75) is 20.4 Å².